The Bertz CT molecular complexity index is 1300. The summed E-state index contributed by atoms with van der Waals surface area (Å²) in [7, 11) is 0. The highest BCUT2D eigenvalue weighted by Crippen LogP contribution is 2.54. The van der Waals surface area contributed by atoms with E-state index in [1.807, 2.05) is 47.2 Å². The van der Waals surface area contributed by atoms with Crippen molar-refractivity contribution in [1.29, 1.82) is 0 Å². The molecule has 0 fully saturated rings. The van der Waals surface area contributed by atoms with E-state index in [-0.39, 0.29) is 18.3 Å². The van der Waals surface area contributed by atoms with Gasteiger partial charge in [0, 0.05) is 29.8 Å². The second-order valence-electron chi connectivity index (χ2n) is 9.26. The van der Waals surface area contributed by atoms with Crippen LogP contribution in [0.25, 0.3) is 6.08 Å². The van der Waals surface area contributed by atoms with Gasteiger partial charge in [0.2, 0.25) is 5.72 Å². The Morgan fingerprint density at radius 3 is 2.80 bits per heavy atom. The van der Waals surface area contributed by atoms with Crippen LogP contribution < -0.4 is 9.64 Å². The number of thiophene rings is 1. The van der Waals surface area contributed by atoms with Gasteiger partial charge in [-0.25, -0.2) is 0 Å². The van der Waals surface area contributed by atoms with Crippen molar-refractivity contribution in [3.05, 3.63) is 92.2 Å². The topological polar surface area (TPSA) is 81.9 Å². The van der Waals surface area contributed by atoms with Crippen LogP contribution in [0.2, 0.25) is 0 Å². The number of esters is 1. The number of hydrogen-bond acceptors (Lipinski definition) is 7. The molecule has 180 valence electrons. The van der Waals surface area contributed by atoms with Gasteiger partial charge in [0.05, 0.1) is 16.9 Å². The SMILES string of the molecule is CC1(C)c2ccccc2N(CCOC(=O)CCc2ccsc2)C12C=Cc1cc([N+](=O)[O-])ccc1O2. The van der Waals surface area contributed by atoms with Crippen molar-refractivity contribution in [3.63, 3.8) is 0 Å². The van der Waals surface area contributed by atoms with Gasteiger partial charge < -0.3 is 14.4 Å². The van der Waals surface area contributed by atoms with Crippen molar-refractivity contribution in [3.8, 4) is 5.75 Å². The maximum Gasteiger partial charge on any atom is 0.306 e. The molecular weight excluding hydrogens is 464 g/mol. The van der Waals surface area contributed by atoms with Crippen molar-refractivity contribution in [2.75, 3.05) is 18.1 Å². The summed E-state index contributed by atoms with van der Waals surface area (Å²) in [6.45, 7) is 4.91. The van der Waals surface area contributed by atoms with E-state index in [0.29, 0.717) is 30.7 Å². The quantitative estimate of drug-likeness (QED) is 0.239. The molecule has 8 heteroatoms. The molecule has 1 atom stereocenters. The highest BCUT2D eigenvalue weighted by molar-refractivity contribution is 7.07. The molecule has 0 bridgehead atoms. The highest BCUT2D eigenvalue weighted by atomic mass is 32.1. The third-order valence-electron chi connectivity index (χ3n) is 6.90. The average molecular weight is 491 g/mol. The molecule has 5 rings (SSSR count). The number of carbonyl (C=O) groups is 1. The van der Waals surface area contributed by atoms with E-state index in [9.17, 15) is 14.9 Å². The first kappa shape index (κ1) is 23.1. The van der Waals surface area contributed by atoms with Crippen LogP contribution in [-0.2, 0) is 21.4 Å². The summed E-state index contributed by atoms with van der Waals surface area (Å²) in [6, 6.07) is 14.8. The molecule has 0 N–H and O–H groups in total. The number of rotatable bonds is 7. The molecule has 1 aromatic heterocycles. The summed E-state index contributed by atoms with van der Waals surface area (Å²) in [5, 5.41) is 15.3. The Hall–Kier alpha value is -3.65. The number of nitro benzene ring substituents is 1. The van der Waals surface area contributed by atoms with Gasteiger partial charge in [-0.3, -0.25) is 14.9 Å². The molecule has 0 saturated heterocycles. The number of aryl methyl sites for hydroxylation is 1. The van der Waals surface area contributed by atoms with Gasteiger partial charge in [0.1, 0.15) is 12.4 Å². The lowest BCUT2D eigenvalue weighted by molar-refractivity contribution is -0.384. The number of benzene rings is 2. The fourth-order valence-electron chi connectivity index (χ4n) is 5.00. The van der Waals surface area contributed by atoms with Crippen LogP contribution in [0, 0.1) is 10.1 Å². The summed E-state index contributed by atoms with van der Waals surface area (Å²) in [5.74, 6) is 0.353. The first-order chi connectivity index (χ1) is 16.8. The number of anilines is 1. The van der Waals surface area contributed by atoms with Gasteiger partial charge in [0.15, 0.2) is 0 Å². The van der Waals surface area contributed by atoms with Gasteiger partial charge >= 0.3 is 5.97 Å². The third kappa shape index (κ3) is 3.97. The van der Waals surface area contributed by atoms with Gasteiger partial charge in [-0.1, -0.05) is 18.2 Å². The standard InChI is InChI=1S/C27H26N2O5S/c1-26(2)22-5-3-4-6-23(22)28(14-15-33-25(30)10-7-19-12-16-35-18-19)27(26)13-11-20-17-21(29(31)32)8-9-24(20)34-27/h3-6,8-9,11-13,16-18H,7,10,14-15H2,1-2H3. The van der Waals surface area contributed by atoms with E-state index in [4.69, 9.17) is 9.47 Å². The van der Waals surface area contributed by atoms with Crippen LogP contribution in [0.15, 0.2) is 65.4 Å². The van der Waals surface area contributed by atoms with E-state index in [0.717, 1.165) is 16.8 Å². The number of hydrogen-bond donors (Lipinski definition) is 0. The molecule has 0 saturated carbocycles. The minimum absolute atomic E-state index is 0.0214. The van der Waals surface area contributed by atoms with E-state index >= 15 is 0 Å². The van der Waals surface area contributed by atoms with Crippen molar-refractivity contribution < 1.29 is 19.2 Å². The monoisotopic (exact) mass is 490 g/mol. The summed E-state index contributed by atoms with van der Waals surface area (Å²) in [5.41, 5.74) is 2.65. The number of non-ortho nitro benzene ring substituents is 1. The highest BCUT2D eigenvalue weighted by Gasteiger charge is 2.58. The molecule has 2 aliphatic rings. The Morgan fingerprint density at radius 2 is 2.03 bits per heavy atom. The number of para-hydroxylation sites is 1. The molecule has 2 aliphatic heterocycles. The van der Waals surface area contributed by atoms with Crippen LogP contribution in [0.5, 0.6) is 5.75 Å². The van der Waals surface area contributed by atoms with E-state index in [1.54, 1.807) is 17.4 Å². The summed E-state index contributed by atoms with van der Waals surface area (Å²) < 4.78 is 12.3. The molecule has 2 aromatic carbocycles. The molecule has 35 heavy (non-hydrogen) atoms. The van der Waals surface area contributed by atoms with Crippen LogP contribution in [0.1, 0.15) is 37.0 Å². The molecule has 1 unspecified atom stereocenters. The van der Waals surface area contributed by atoms with E-state index in [2.05, 4.69) is 24.8 Å². The predicted octanol–water partition coefficient (Wildman–Crippen LogP) is 5.73. The molecule has 7 nitrogen and oxygen atoms in total. The first-order valence-electron chi connectivity index (χ1n) is 11.5. The van der Waals surface area contributed by atoms with Crippen molar-refractivity contribution in [2.24, 2.45) is 0 Å². The number of ether oxygens (including phenoxy) is 2. The fourth-order valence-corrected chi connectivity index (χ4v) is 5.70. The molecular formula is C27H26N2O5S. The van der Waals surface area contributed by atoms with Crippen molar-refractivity contribution in [2.45, 2.75) is 37.8 Å². The molecule has 0 aliphatic carbocycles. The van der Waals surface area contributed by atoms with E-state index in [1.165, 1.54) is 12.1 Å². The van der Waals surface area contributed by atoms with Crippen LogP contribution in [0.4, 0.5) is 11.4 Å². The lowest BCUT2D eigenvalue weighted by Gasteiger charge is -2.47. The summed E-state index contributed by atoms with van der Waals surface area (Å²) in [6.07, 6.45) is 4.86. The fraction of sp³-hybridized carbons (Fsp3) is 0.296. The van der Waals surface area contributed by atoms with Gasteiger partial charge in [-0.15, -0.1) is 0 Å². The second kappa shape index (κ2) is 8.85. The summed E-state index contributed by atoms with van der Waals surface area (Å²) >= 11 is 1.62. The van der Waals surface area contributed by atoms with Crippen LogP contribution in [-0.4, -0.2) is 29.8 Å². The maximum atomic E-state index is 12.4. The Labute approximate surface area is 207 Å². The number of fused-ring (bicyclic) bond motifs is 2. The predicted molar refractivity (Wildman–Crippen MR) is 136 cm³/mol. The van der Waals surface area contributed by atoms with Gasteiger partial charge in [-0.05, 0) is 72.5 Å². The van der Waals surface area contributed by atoms with Crippen molar-refractivity contribution in [1.82, 2.24) is 0 Å². The van der Waals surface area contributed by atoms with E-state index < -0.39 is 16.1 Å². The lowest BCUT2D eigenvalue weighted by Crippen LogP contribution is -2.60. The molecule has 3 aromatic rings. The summed E-state index contributed by atoms with van der Waals surface area (Å²) in [4.78, 5) is 25.3. The Morgan fingerprint density at radius 1 is 1.20 bits per heavy atom. The van der Waals surface area contributed by atoms with Gasteiger partial charge in [0.25, 0.3) is 5.69 Å². The Balaban J connectivity index is 1.38. The molecule has 3 heterocycles. The molecule has 0 radical (unpaired) electrons. The first-order valence-corrected chi connectivity index (χ1v) is 12.5. The number of nitrogens with zero attached hydrogens (tertiary/aromatic N) is 2. The molecule has 1 spiro atoms. The zero-order valence-electron chi connectivity index (χ0n) is 19.6. The average Bonchev–Trinajstić information content (AvgIpc) is 3.43. The Kier molecular flexibility index (Phi) is 5.84. The minimum atomic E-state index is -0.872. The normalized spacial score (nSPS) is 19.2. The van der Waals surface area contributed by atoms with Crippen LogP contribution >= 0.6 is 11.3 Å². The van der Waals surface area contributed by atoms with Crippen LogP contribution in [0.3, 0.4) is 0 Å². The lowest BCUT2D eigenvalue weighted by atomic mass is 9.76. The molecule has 0 amide bonds. The zero-order chi connectivity index (χ0) is 24.6. The minimum Gasteiger partial charge on any atom is -0.464 e. The third-order valence-corrected chi connectivity index (χ3v) is 7.63. The maximum absolute atomic E-state index is 12.4. The zero-order valence-corrected chi connectivity index (χ0v) is 20.4. The largest absolute Gasteiger partial charge is 0.464 e. The smallest absolute Gasteiger partial charge is 0.306 e. The number of nitro groups is 1. The number of carbonyl (C=O) groups excluding carboxylic acids is 1. The second-order valence-corrected chi connectivity index (χ2v) is 10.0. The van der Waals surface area contributed by atoms with Crippen molar-refractivity contribution >= 4 is 34.8 Å². The van der Waals surface area contributed by atoms with Gasteiger partial charge in [-0.2, -0.15) is 11.3 Å².